The molecule has 0 unspecified atom stereocenters. The summed E-state index contributed by atoms with van der Waals surface area (Å²) < 4.78 is 0. The van der Waals surface area contributed by atoms with E-state index in [2.05, 4.69) is 59.7 Å². The molecule has 1 aliphatic rings. The van der Waals surface area contributed by atoms with Crippen LogP contribution in [0, 0.1) is 0 Å². The Morgan fingerprint density at radius 1 is 1.13 bits per heavy atom. The van der Waals surface area contributed by atoms with Gasteiger partial charge in [0, 0.05) is 31.0 Å². The van der Waals surface area contributed by atoms with Gasteiger partial charge in [-0.2, -0.15) is 0 Å². The first-order valence-electron chi connectivity index (χ1n) is 8.80. The first kappa shape index (κ1) is 17.8. The van der Waals surface area contributed by atoms with E-state index in [1.54, 1.807) is 5.57 Å². The van der Waals surface area contributed by atoms with E-state index < -0.39 is 0 Å². The third-order valence-electron chi connectivity index (χ3n) is 4.37. The fraction of sp³-hybridized carbons (Fsp3) is 0.526. The summed E-state index contributed by atoms with van der Waals surface area (Å²) in [6, 6.07) is 8.46. The van der Waals surface area contributed by atoms with Crippen molar-refractivity contribution < 1.29 is 0 Å². The van der Waals surface area contributed by atoms with Crippen molar-refractivity contribution in [3.8, 4) is 0 Å². The Hall–Kier alpha value is -1.55. The molecule has 0 bridgehead atoms. The zero-order valence-corrected chi connectivity index (χ0v) is 15.2. The number of rotatable bonds is 7. The third-order valence-corrected chi connectivity index (χ3v) is 4.62. The van der Waals surface area contributed by atoms with Crippen LogP contribution in [-0.4, -0.2) is 24.7 Å². The predicted molar refractivity (Wildman–Crippen MR) is 105 cm³/mol. The zero-order valence-electron chi connectivity index (χ0n) is 14.4. The van der Waals surface area contributed by atoms with Crippen molar-refractivity contribution in [3.63, 3.8) is 0 Å². The minimum atomic E-state index is 0.706. The summed E-state index contributed by atoms with van der Waals surface area (Å²) in [7, 11) is 0. The lowest BCUT2D eigenvalue weighted by Crippen LogP contribution is -2.29. The van der Waals surface area contributed by atoms with Crippen LogP contribution in [0.3, 0.4) is 0 Å². The van der Waals surface area contributed by atoms with Crippen LogP contribution in [0.4, 0.5) is 11.4 Å². The van der Waals surface area contributed by atoms with E-state index >= 15 is 0 Å². The zero-order chi connectivity index (χ0) is 16.5. The number of allylic oxidation sites excluding steroid dienone is 1. The van der Waals surface area contributed by atoms with E-state index in [4.69, 9.17) is 12.2 Å². The van der Waals surface area contributed by atoms with Crippen molar-refractivity contribution in [2.24, 2.45) is 0 Å². The maximum atomic E-state index is 5.38. The lowest BCUT2D eigenvalue weighted by atomic mass is 9.97. The average molecular weight is 332 g/mol. The lowest BCUT2D eigenvalue weighted by Gasteiger charge is -2.21. The lowest BCUT2D eigenvalue weighted by molar-refractivity contribution is 0.669. The van der Waals surface area contributed by atoms with Gasteiger partial charge in [-0.05, 0) is 82.4 Å². The van der Waals surface area contributed by atoms with Crippen LogP contribution in [0.5, 0.6) is 0 Å². The Labute approximate surface area is 146 Å². The minimum absolute atomic E-state index is 0.706. The van der Waals surface area contributed by atoms with Crippen molar-refractivity contribution in [3.05, 3.63) is 35.9 Å². The first-order valence-corrected chi connectivity index (χ1v) is 9.21. The van der Waals surface area contributed by atoms with E-state index in [-0.39, 0.29) is 0 Å². The van der Waals surface area contributed by atoms with Crippen LogP contribution in [0.15, 0.2) is 35.9 Å². The summed E-state index contributed by atoms with van der Waals surface area (Å²) >= 11 is 5.38. The van der Waals surface area contributed by atoms with Gasteiger partial charge in [-0.15, -0.1) is 0 Å². The molecule has 2 N–H and O–H groups in total. The number of nitrogens with one attached hydrogen (secondary N) is 2. The number of anilines is 2. The van der Waals surface area contributed by atoms with E-state index in [9.17, 15) is 0 Å². The maximum absolute atomic E-state index is 5.38. The Bertz CT molecular complexity index is 518. The predicted octanol–water partition coefficient (Wildman–Crippen LogP) is 4.71. The molecule has 1 aromatic carbocycles. The highest BCUT2D eigenvalue weighted by atomic mass is 32.1. The van der Waals surface area contributed by atoms with Crippen molar-refractivity contribution in [1.82, 2.24) is 5.32 Å². The molecule has 0 spiro atoms. The third kappa shape index (κ3) is 5.87. The van der Waals surface area contributed by atoms with Gasteiger partial charge in [0.2, 0.25) is 0 Å². The van der Waals surface area contributed by atoms with Gasteiger partial charge in [0.1, 0.15) is 0 Å². The van der Waals surface area contributed by atoms with Crippen LogP contribution in [0.2, 0.25) is 0 Å². The molecular weight excluding hydrogens is 302 g/mol. The Morgan fingerprint density at radius 3 is 2.48 bits per heavy atom. The number of hydrogen-bond acceptors (Lipinski definition) is 2. The van der Waals surface area contributed by atoms with Crippen molar-refractivity contribution >= 4 is 28.7 Å². The fourth-order valence-electron chi connectivity index (χ4n) is 2.99. The molecule has 0 amide bonds. The summed E-state index contributed by atoms with van der Waals surface area (Å²) in [6.07, 6.45) is 8.69. The SMILES string of the molecule is CCN(CC)c1ccc(NC(=S)NCCC2=CCCCC2)cc1. The van der Waals surface area contributed by atoms with Crippen LogP contribution in [0.1, 0.15) is 46.0 Å². The summed E-state index contributed by atoms with van der Waals surface area (Å²) in [5, 5.41) is 7.28. The first-order chi connectivity index (χ1) is 11.2. The van der Waals surface area contributed by atoms with Gasteiger partial charge in [0.05, 0.1) is 0 Å². The molecule has 0 saturated heterocycles. The molecule has 0 atom stereocenters. The molecule has 126 valence electrons. The second-order valence-corrected chi connectivity index (χ2v) is 6.37. The normalized spacial score (nSPS) is 14.1. The standard InChI is InChI=1S/C19H29N3S/c1-3-22(4-2)18-12-10-17(11-13-18)21-19(23)20-15-14-16-8-6-5-7-9-16/h8,10-13H,3-7,9,14-15H2,1-2H3,(H2,20,21,23). The molecule has 0 saturated carbocycles. The van der Waals surface area contributed by atoms with Crippen molar-refractivity contribution in [2.75, 3.05) is 29.9 Å². The summed E-state index contributed by atoms with van der Waals surface area (Å²) in [5.74, 6) is 0. The minimum Gasteiger partial charge on any atom is -0.372 e. The highest BCUT2D eigenvalue weighted by molar-refractivity contribution is 7.80. The molecule has 4 heteroatoms. The highest BCUT2D eigenvalue weighted by Crippen LogP contribution is 2.20. The Morgan fingerprint density at radius 2 is 1.87 bits per heavy atom. The van der Waals surface area contributed by atoms with Crippen molar-refractivity contribution in [1.29, 1.82) is 0 Å². The highest BCUT2D eigenvalue weighted by Gasteiger charge is 2.05. The molecule has 0 aromatic heterocycles. The van der Waals surface area contributed by atoms with Gasteiger partial charge in [-0.3, -0.25) is 0 Å². The molecule has 0 fully saturated rings. The van der Waals surface area contributed by atoms with Crippen molar-refractivity contribution in [2.45, 2.75) is 46.0 Å². The van der Waals surface area contributed by atoms with Gasteiger partial charge in [-0.25, -0.2) is 0 Å². The van der Waals surface area contributed by atoms with Gasteiger partial charge in [0.25, 0.3) is 0 Å². The number of thiocarbonyl (C=S) groups is 1. The summed E-state index contributed by atoms with van der Waals surface area (Å²) in [4.78, 5) is 2.33. The molecule has 0 aliphatic heterocycles. The number of nitrogens with zero attached hydrogens (tertiary/aromatic N) is 1. The van der Waals surface area contributed by atoms with E-state index in [1.165, 1.54) is 31.4 Å². The van der Waals surface area contributed by atoms with Gasteiger partial charge >= 0.3 is 0 Å². The number of hydrogen-bond donors (Lipinski definition) is 2. The van der Waals surface area contributed by atoms with Crippen LogP contribution < -0.4 is 15.5 Å². The molecule has 0 radical (unpaired) electrons. The topological polar surface area (TPSA) is 27.3 Å². The molecule has 23 heavy (non-hydrogen) atoms. The van der Waals surface area contributed by atoms with E-state index in [0.29, 0.717) is 5.11 Å². The Kier molecular flexibility index (Phi) is 7.40. The largest absolute Gasteiger partial charge is 0.372 e. The average Bonchev–Trinajstić information content (AvgIpc) is 2.58. The van der Waals surface area contributed by atoms with Gasteiger partial charge in [-0.1, -0.05) is 11.6 Å². The monoisotopic (exact) mass is 331 g/mol. The smallest absolute Gasteiger partial charge is 0.170 e. The van der Waals surface area contributed by atoms with Crippen LogP contribution in [0.25, 0.3) is 0 Å². The quantitative estimate of drug-likeness (QED) is 0.559. The molecule has 1 aliphatic carbocycles. The van der Waals surface area contributed by atoms with E-state index in [1.807, 2.05) is 0 Å². The number of benzene rings is 1. The van der Waals surface area contributed by atoms with Crippen LogP contribution >= 0.6 is 12.2 Å². The molecule has 3 nitrogen and oxygen atoms in total. The summed E-state index contributed by atoms with van der Waals surface area (Å²) in [5.41, 5.74) is 3.87. The fourth-order valence-corrected chi connectivity index (χ4v) is 3.21. The summed E-state index contributed by atoms with van der Waals surface area (Å²) in [6.45, 7) is 7.32. The molecule has 0 heterocycles. The Balaban J connectivity index is 1.75. The van der Waals surface area contributed by atoms with Crippen LogP contribution in [-0.2, 0) is 0 Å². The molecular formula is C19H29N3S. The van der Waals surface area contributed by atoms with E-state index in [0.717, 1.165) is 31.7 Å². The van der Waals surface area contributed by atoms with Gasteiger partial charge in [0.15, 0.2) is 5.11 Å². The van der Waals surface area contributed by atoms with Gasteiger partial charge < -0.3 is 15.5 Å². The maximum Gasteiger partial charge on any atom is 0.170 e. The second-order valence-electron chi connectivity index (χ2n) is 5.96. The molecule has 2 rings (SSSR count). The second kappa shape index (κ2) is 9.56. The molecule has 1 aromatic rings.